The van der Waals surface area contributed by atoms with Crippen LogP contribution in [0.2, 0.25) is 0 Å². The maximum Gasteiger partial charge on any atom is 0.227 e. The molecule has 28 heavy (non-hydrogen) atoms. The first-order valence-electron chi connectivity index (χ1n) is 9.68. The maximum atomic E-state index is 6.08. The van der Waals surface area contributed by atoms with Crippen molar-refractivity contribution in [3.05, 3.63) is 65.3 Å². The summed E-state index contributed by atoms with van der Waals surface area (Å²) in [5, 5.41) is 10.4. The number of hydrogen-bond donors (Lipinski definition) is 0. The third kappa shape index (κ3) is 2.90. The fourth-order valence-electron chi connectivity index (χ4n) is 4.16. The maximum absolute atomic E-state index is 6.08. The highest BCUT2D eigenvalue weighted by Gasteiger charge is 2.31. The molecule has 1 atom stereocenters. The predicted octanol–water partition coefficient (Wildman–Crippen LogP) is 4.83. The Morgan fingerprint density at radius 3 is 2.79 bits per heavy atom. The van der Waals surface area contributed by atoms with Crippen LogP contribution in [0.5, 0.6) is 0 Å². The molecule has 1 fully saturated rings. The minimum atomic E-state index is 0.225. The minimum Gasteiger partial charge on any atom is -0.441 e. The minimum absolute atomic E-state index is 0.225. The number of hydrogen-bond acceptors (Lipinski definition) is 6. The lowest BCUT2D eigenvalue weighted by atomic mass is 10.0. The Balaban J connectivity index is 1.46. The second kappa shape index (κ2) is 6.87. The topological polar surface area (TPSA) is 68.2 Å². The molecule has 1 saturated heterocycles. The number of fused-ring (bicyclic) bond motifs is 1. The normalized spacial score (nSPS) is 17.6. The van der Waals surface area contributed by atoms with Gasteiger partial charge in [-0.15, -0.1) is 0 Å². The van der Waals surface area contributed by atoms with Crippen molar-refractivity contribution in [3.63, 3.8) is 0 Å². The fourth-order valence-corrected chi connectivity index (χ4v) is 4.16. The van der Waals surface area contributed by atoms with E-state index in [1.54, 1.807) is 0 Å². The van der Waals surface area contributed by atoms with Gasteiger partial charge in [0.15, 0.2) is 0 Å². The largest absolute Gasteiger partial charge is 0.441 e. The molecule has 0 saturated carbocycles. The Hall–Kier alpha value is -2.99. The summed E-state index contributed by atoms with van der Waals surface area (Å²) in [7, 11) is 0. The molecule has 6 heteroatoms. The lowest BCUT2D eigenvalue weighted by Gasteiger charge is -2.21. The van der Waals surface area contributed by atoms with E-state index >= 15 is 0 Å². The van der Waals surface area contributed by atoms with Gasteiger partial charge in [0, 0.05) is 12.1 Å². The SMILES string of the molecule is Cc1nonc1[C@@H]1CCCN1Cc1nc(-c2cccc3ccccc23)oc1C. The highest BCUT2D eigenvalue weighted by molar-refractivity contribution is 5.94. The molecule has 0 N–H and O–H groups in total. The van der Waals surface area contributed by atoms with Crippen LogP contribution >= 0.6 is 0 Å². The number of likely N-dealkylation sites (tertiary alicyclic amines) is 1. The summed E-state index contributed by atoms with van der Waals surface area (Å²) < 4.78 is 11.0. The average Bonchev–Trinajstić information content (AvgIpc) is 3.42. The van der Waals surface area contributed by atoms with Crippen molar-refractivity contribution in [3.8, 4) is 11.5 Å². The van der Waals surface area contributed by atoms with Crippen LogP contribution in [0.4, 0.5) is 0 Å². The van der Waals surface area contributed by atoms with Gasteiger partial charge in [-0.25, -0.2) is 9.61 Å². The van der Waals surface area contributed by atoms with Crippen LogP contribution in [-0.4, -0.2) is 26.7 Å². The number of nitrogens with zero attached hydrogens (tertiary/aromatic N) is 4. The first-order valence-corrected chi connectivity index (χ1v) is 9.68. The highest BCUT2D eigenvalue weighted by atomic mass is 16.6. The molecule has 2 aromatic carbocycles. The lowest BCUT2D eigenvalue weighted by molar-refractivity contribution is 0.228. The van der Waals surface area contributed by atoms with Gasteiger partial charge in [0.05, 0.1) is 11.7 Å². The number of aryl methyl sites for hydroxylation is 2. The number of oxazole rings is 1. The summed E-state index contributed by atoms with van der Waals surface area (Å²) in [6, 6.07) is 14.8. The van der Waals surface area contributed by atoms with Crippen LogP contribution in [0.3, 0.4) is 0 Å². The van der Waals surface area contributed by atoms with Gasteiger partial charge in [0.2, 0.25) is 5.89 Å². The van der Waals surface area contributed by atoms with Gasteiger partial charge in [-0.3, -0.25) is 4.90 Å². The summed E-state index contributed by atoms with van der Waals surface area (Å²) >= 11 is 0. The van der Waals surface area contributed by atoms with Gasteiger partial charge < -0.3 is 4.42 Å². The summed E-state index contributed by atoms with van der Waals surface area (Å²) in [6.07, 6.45) is 2.19. The number of benzene rings is 2. The van der Waals surface area contributed by atoms with Crippen molar-refractivity contribution in [1.82, 2.24) is 20.2 Å². The first kappa shape index (κ1) is 17.1. The van der Waals surface area contributed by atoms with E-state index in [0.717, 1.165) is 59.7 Å². The quantitative estimate of drug-likeness (QED) is 0.509. The highest BCUT2D eigenvalue weighted by Crippen LogP contribution is 2.35. The van der Waals surface area contributed by atoms with Gasteiger partial charge in [-0.1, -0.05) is 46.7 Å². The standard InChI is InChI=1S/C22H22N4O2/c1-14-21(25-28-24-14)20-11-6-12-26(20)13-19-15(2)27-22(23-19)18-10-5-8-16-7-3-4-9-17(16)18/h3-5,7-10,20H,6,11-13H2,1-2H3/t20-/m0/s1. The monoisotopic (exact) mass is 374 g/mol. The molecule has 142 valence electrons. The molecule has 1 aliphatic heterocycles. The molecule has 4 aromatic rings. The molecule has 0 amide bonds. The molecule has 6 nitrogen and oxygen atoms in total. The van der Waals surface area contributed by atoms with Crippen molar-refractivity contribution < 1.29 is 9.05 Å². The molecular weight excluding hydrogens is 352 g/mol. The predicted molar refractivity (Wildman–Crippen MR) is 106 cm³/mol. The molecule has 0 radical (unpaired) electrons. The average molecular weight is 374 g/mol. The van der Waals surface area contributed by atoms with Crippen LogP contribution in [0.1, 0.15) is 41.7 Å². The van der Waals surface area contributed by atoms with Crippen LogP contribution in [0.25, 0.3) is 22.2 Å². The van der Waals surface area contributed by atoms with E-state index in [1.165, 1.54) is 5.39 Å². The van der Waals surface area contributed by atoms with Crippen molar-refractivity contribution in [1.29, 1.82) is 0 Å². The Kier molecular flexibility index (Phi) is 4.20. The molecule has 5 rings (SSSR count). The molecule has 0 unspecified atom stereocenters. The van der Waals surface area contributed by atoms with E-state index < -0.39 is 0 Å². The molecule has 3 heterocycles. The molecule has 0 bridgehead atoms. The van der Waals surface area contributed by atoms with Gasteiger partial charge in [-0.05, 0) is 50.1 Å². The Morgan fingerprint density at radius 2 is 1.93 bits per heavy atom. The lowest BCUT2D eigenvalue weighted by Crippen LogP contribution is -2.24. The van der Waals surface area contributed by atoms with Gasteiger partial charge in [-0.2, -0.15) is 0 Å². The zero-order valence-corrected chi connectivity index (χ0v) is 16.1. The first-order chi connectivity index (χ1) is 13.7. The Morgan fingerprint density at radius 1 is 1.07 bits per heavy atom. The third-order valence-corrected chi connectivity index (χ3v) is 5.63. The Bertz CT molecular complexity index is 1130. The van der Waals surface area contributed by atoms with Gasteiger partial charge >= 0.3 is 0 Å². The van der Waals surface area contributed by atoms with E-state index in [1.807, 2.05) is 32.0 Å². The van der Waals surface area contributed by atoms with Crippen molar-refractivity contribution in [2.45, 2.75) is 39.3 Å². The van der Waals surface area contributed by atoms with E-state index in [9.17, 15) is 0 Å². The summed E-state index contributed by atoms with van der Waals surface area (Å²) in [4.78, 5) is 7.26. The number of rotatable bonds is 4. The summed E-state index contributed by atoms with van der Waals surface area (Å²) in [5.74, 6) is 1.54. The third-order valence-electron chi connectivity index (χ3n) is 5.63. The van der Waals surface area contributed by atoms with Gasteiger partial charge in [0.25, 0.3) is 0 Å². The summed E-state index contributed by atoms with van der Waals surface area (Å²) in [6.45, 7) is 5.68. The summed E-state index contributed by atoms with van der Waals surface area (Å²) in [5.41, 5.74) is 3.81. The smallest absolute Gasteiger partial charge is 0.227 e. The van der Waals surface area contributed by atoms with E-state index in [2.05, 4.69) is 39.5 Å². The Labute approximate surface area is 163 Å². The molecule has 0 aliphatic carbocycles. The van der Waals surface area contributed by atoms with Crippen molar-refractivity contribution in [2.75, 3.05) is 6.54 Å². The van der Waals surface area contributed by atoms with Gasteiger partial charge in [0.1, 0.15) is 17.1 Å². The molecule has 0 spiro atoms. The fraction of sp³-hybridized carbons (Fsp3) is 0.318. The van der Waals surface area contributed by atoms with E-state index in [0.29, 0.717) is 5.89 Å². The molecular formula is C22H22N4O2. The number of aromatic nitrogens is 3. The van der Waals surface area contributed by atoms with E-state index in [4.69, 9.17) is 14.0 Å². The van der Waals surface area contributed by atoms with Crippen LogP contribution in [-0.2, 0) is 6.54 Å². The zero-order chi connectivity index (χ0) is 19.1. The molecule has 2 aromatic heterocycles. The second-order valence-electron chi connectivity index (χ2n) is 7.41. The van der Waals surface area contributed by atoms with Crippen LogP contribution < -0.4 is 0 Å². The molecule has 1 aliphatic rings. The van der Waals surface area contributed by atoms with Crippen LogP contribution in [0, 0.1) is 13.8 Å². The van der Waals surface area contributed by atoms with Crippen molar-refractivity contribution >= 4 is 10.8 Å². The second-order valence-corrected chi connectivity index (χ2v) is 7.41. The zero-order valence-electron chi connectivity index (χ0n) is 16.1. The van der Waals surface area contributed by atoms with Crippen LogP contribution in [0.15, 0.2) is 51.5 Å². The van der Waals surface area contributed by atoms with Crippen molar-refractivity contribution in [2.24, 2.45) is 0 Å². The van der Waals surface area contributed by atoms with E-state index in [-0.39, 0.29) is 6.04 Å².